The van der Waals surface area contributed by atoms with Crippen molar-refractivity contribution in [1.29, 1.82) is 0 Å². The van der Waals surface area contributed by atoms with Crippen molar-refractivity contribution >= 4 is 17.5 Å². The number of carbonyl (C=O) groups is 1. The average Bonchev–Trinajstić information content (AvgIpc) is 2.65. The van der Waals surface area contributed by atoms with Gasteiger partial charge in [0.1, 0.15) is 18.8 Å². The summed E-state index contributed by atoms with van der Waals surface area (Å²) in [5.74, 6) is 0.266. The van der Waals surface area contributed by atoms with E-state index in [2.05, 4.69) is 20.3 Å². The molecule has 156 valence electrons. The molecule has 1 fully saturated rings. The molecule has 0 aromatic carbocycles. The molecular formula is C19H22ClFN4O4. The number of nitrogens with one attached hydrogen (secondary N) is 1. The van der Waals surface area contributed by atoms with Crippen LogP contribution in [0.25, 0.3) is 0 Å². The maximum atomic E-state index is 13.2. The lowest BCUT2D eigenvalue weighted by atomic mass is 9.83. The van der Waals surface area contributed by atoms with Gasteiger partial charge in [0.2, 0.25) is 17.7 Å². The Hall–Kier alpha value is -2.52. The zero-order valence-corrected chi connectivity index (χ0v) is 16.7. The molecule has 0 spiro atoms. The molecule has 1 amide bonds. The zero-order valence-electron chi connectivity index (χ0n) is 15.9. The van der Waals surface area contributed by atoms with E-state index in [0.29, 0.717) is 31.4 Å². The highest BCUT2D eigenvalue weighted by Crippen LogP contribution is 2.33. The lowest BCUT2D eigenvalue weighted by molar-refractivity contribution is -0.119. The van der Waals surface area contributed by atoms with Crippen molar-refractivity contribution in [2.24, 2.45) is 5.92 Å². The summed E-state index contributed by atoms with van der Waals surface area (Å²) in [6, 6.07) is 2.53. The first-order valence-electron chi connectivity index (χ1n) is 9.24. The minimum Gasteiger partial charge on any atom is -0.476 e. The number of halogens is 2. The molecule has 1 aliphatic carbocycles. The van der Waals surface area contributed by atoms with Crippen LogP contribution in [0.1, 0.15) is 25.5 Å². The van der Waals surface area contributed by atoms with E-state index in [1.165, 1.54) is 31.6 Å². The molecule has 0 unspecified atom stereocenters. The Morgan fingerprint density at radius 2 is 2.03 bits per heavy atom. The number of rotatable bonds is 10. The molecule has 29 heavy (non-hydrogen) atoms. The number of aromatic nitrogens is 3. The fourth-order valence-electron chi connectivity index (χ4n) is 2.81. The number of carbonyl (C=O) groups excluding carboxylic acids is 1. The van der Waals surface area contributed by atoms with E-state index in [-0.39, 0.29) is 35.4 Å². The fraction of sp³-hybridized carbons (Fsp3) is 0.474. The lowest BCUT2D eigenvalue weighted by Gasteiger charge is -2.34. The van der Waals surface area contributed by atoms with E-state index < -0.39 is 5.82 Å². The van der Waals surface area contributed by atoms with Crippen LogP contribution in [0.15, 0.2) is 24.7 Å². The summed E-state index contributed by atoms with van der Waals surface area (Å²) >= 11 is 6.26. The molecule has 2 aromatic heterocycles. The highest BCUT2D eigenvalue weighted by Gasteiger charge is 2.30. The fourth-order valence-corrected chi connectivity index (χ4v) is 3.01. The van der Waals surface area contributed by atoms with Crippen LogP contribution in [-0.2, 0) is 16.1 Å². The third-order valence-electron chi connectivity index (χ3n) is 4.34. The molecule has 0 radical (unpaired) electrons. The van der Waals surface area contributed by atoms with Gasteiger partial charge in [0.15, 0.2) is 5.02 Å². The number of hydrogen-bond acceptors (Lipinski definition) is 7. The van der Waals surface area contributed by atoms with E-state index in [9.17, 15) is 9.18 Å². The average molecular weight is 425 g/mol. The van der Waals surface area contributed by atoms with E-state index in [1.807, 2.05) is 0 Å². The van der Waals surface area contributed by atoms with Crippen LogP contribution in [0.2, 0.25) is 5.02 Å². The zero-order chi connectivity index (χ0) is 20.6. The number of hydrogen-bond donors (Lipinski definition) is 1. The van der Waals surface area contributed by atoms with Crippen molar-refractivity contribution in [3.05, 3.63) is 41.2 Å². The summed E-state index contributed by atoms with van der Waals surface area (Å²) < 4.78 is 30.1. The highest BCUT2D eigenvalue weighted by atomic mass is 35.5. The third-order valence-corrected chi connectivity index (χ3v) is 4.66. The number of ether oxygens (including phenoxy) is 3. The molecule has 0 bridgehead atoms. The molecule has 0 aliphatic heterocycles. The summed E-state index contributed by atoms with van der Waals surface area (Å²) in [6.45, 7) is 2.96. The molecular weight excluding hydrogens is 403 g/mol. The van der Waals surface area contributed by atoms with Gasteiger partial charge in [-0.15, -0.1) is 0 Å². The molecule has 1 N–H and O–H groups in total. The molecule has 1 aliphatic rings. The van der Waals surface area contributed by atoms with Gasteiger partial charge in [-0.3, -0.25) is 9.78 Å². The SMILES string of the molecule is CC(=O)NCCO[C@H]1C[C@H](COc2ncnc(OCc3cc(F)ccn3)c2Cl)C1. The highest BCUT2D eigenvalue weighted by molar-refractivity contribution is 6.33. The van der Waals surface area contributed by atoms with Crippen molar-refractivity contribution in [3.8, 4) is 11.8 Å². The number of nitrogens with zero attached hydrogens (tertiary/aromatic N) is 3. The molecule has 1 saturated carbocycles. The van der Waals surface area contributed by atoms with Crippen molar-refractivity contribution in [2.45, 2.75) is 32.5 Å². The van der Waals surface area contributed by atoms with Crippen LogP contribution in [0.3, 0.4) is 0 Å². The lowest BCUT2D eigenvalue weighted by Crippen LogP contribution is -2.37. The maximum absolute atomic E-state index is 13.2. The summed E-state index contributed by atoms with van der Waals surface area (Å²) in [5.41, 5.74) is 0.418. The van der Waals surface area contributed by atoms with Crippen LogP contribution in [-0.4, -0.2) is 46.7 Å². The first-order chi connectivity index (χ1) is 14.0. The third kappa shape index (κ3) is 6.50. The molecule has 0 atom stereocenters. The van der Waals surface area contributed by atoms with Gasteiger partial charge < -0.3 is 19.5 Å². The van der Waals surface area contributed by atoms with Gasteiger partial charge in [-0.1, -0.05) is 11.6 Å². The van der Waals surface area contributed by atoms with Crippen molar-refractivity contribution in [2.75, 3.05) is 19.8 Å². The number of pyridine rings is 1. The van der Waals surface area contributed by atoms with Gasteiger partial charge in [0, 0.05) is 19.7 Å². The monoisotopic (exact) mass is 424 g/mol. The van der Waals surface area contributed by atoms with E-state index >= 15 is 0 Å². The normalized spacial score (nSPS) is 18.0. The molecule has 2 aromatic rings. The Kier molecular flexibility index (Phi) is 7.54. The summed E-state index contributed by atoms with van der Waals surface area (Å²) in [7, 11) is 0. The van der Waals surface area contributed by atoms with Crippen molar-refractivity contribution in [3.63, 3.8) is 0 Å². The molecule has 8 nitrogen and oxygen atoms in total. The van der Waals surface area contributed by atoms with Crippen LogP contribution >= 0.6 is 11.6 Å². The summed E-state index contributed by atoms with van der Waals surface area (Å²) in [4.78, 5) is 22.8. The van der Waals surface area contributed by atoms with Gasteiger partial charge >= 0.3 is 0 Å². The van der Waals surface area contributed by atoms with Crippen LogP contribution in [0.5, 0.6) is 11.8 Å². The number of amides is 1. The van der Waals surface area contributed by atoms with Crippen molar-refractivity contribution in [1.82, 2.24) is 20.3 Å². The first kappa shape index (κ1) is 21.2. The van der Waals surface area contributed by atoms with E-state index in [4.69, 9.17) is 25.8 Å². The van der Waals surface area contributed by atoms with Crippen LogP contribution in [0, 0.1) is 11.7 Å². The Bertz CT molecular complexity index is 836. The second-order valence-corrected chi connectivity index (χ2v) is 7.05. The van der Waals surface area contributed by atoms with Gasteiger partial charge in [-0.05, 0) is 30.9 Å². The molecule has 0 saturated heterocycles. The second-order valence-electron chi connectivity index (χ2n) is 6.68. The first-order valence-corrected chi connectivity index (χ1v) is 9.61. The molecule has 2 heterocycles. The van der Waals surface area contributed by atoms with E-state index in [0.717, 1.165) is 12.8 Å². The van der Waals surface area contributed by atoms with E-state index in [1.54, 1.807) is 0 Å². The minimum absolute atomic E-state index is 0.0219. The van der Waals surface area contributed by atoms with Gasteiger partial charge in [-0.2, -0.15) is 0 Å². The standard InChI is InChI=1S/C19H22ClFN4O4/c1-12(26)22-4-5-27-16-6-13(7-16)9-28-18-17(20)19(25-11-24-18)29-10-15-8-14(21)2-3-23-15/h2-3,8,11,13,16H,4-7,9-10H2,1H3,(H,22,26)/t13-,16-. The largest absolute Gasteiger partial charge is 0.476 e. The second kappa shape index (κ2) is 10.3. The predicted octanol–water partition coefficient (Wildman–Crippen LogP) is 2.55. The maximum Gasteiger partial charge on any atom is 0.240 e. The van der Waals surface area contributed by atoms with Gasteiger partial charge in [0.05, 0.1) is 25.0 Å². The Morgan fingerprint density at radius 3 is 2.76 bits per heavy atom. The van der Waals surface area contributed by atoms with Gasteiger partial charge in [0.25, 0.3) is 0 Å². The summed E-state index contributed by atoms with van der Waals surface area (Å²) in [6.07, 6.45) is 4.58. The van der Waals surface area contributed by atoms with Crippen LogP contribution < -0.4 is 14.8 Å². The topological polar surface area (TPSA) is 95.5 Å². The Labute approximate surface area is 172 Å². The predicted molar refractivity (Wildman–Crippen MR) is 102 cm³/mol. The minimum atomic E-state index is -0.394. The summed E-state index contributed by atoms with van der Waals surface area (Å²) in [5, 5.41) is 2.85. The van der Waals surface area contributed by atoms with Gasteiger partial charge in [-0.25, -0.2) is 14.4 Å². The smallest absolute Gasteiger partial charge is 0.240 e. The molecule has 10 heteroatoms. The van der Waals surface area contributed by atoms with Crippen LogP contribution in [0.4, 0.5) is 4.39 Å². The Morgan fingerprint density at radius 1 is 1.28 bits per heavy atom. The van der Waals surface area contributed by atoms with Crippen molar-refractivity contribution < 1.29 is 23.4 Å². The molecule has 3 rings (SSSR count). The quantitative estimate of drug-likeness (QED) is 0.585. The Balaban J connectivity index is 1.41.